The highest BCUT2D eigenvalue weighted by Gasteiger charge is 2.10. The van der Waals surface area contributed by atoms with Crippen LogP contribution < -0.4 is 4.74 Å². The first-order valence-electron chi connectivity index (χ1n) is 6.24. The Balaban J connectivity index is 2.09. The van der Waals surface area contributed by atoms with Crippen LogP contribution in [0.1, 0.15) is 26.2 Å². The van der Waals surface area contributed by atoms with Gasteiger partial charge in [0.2, 0.25) is 11.7 Å². The van der Waals surface area contributed by atoms with Crippen molar-refractivity contribution in [2.24, 2.45) is 0 Å². The maximum Gasteiger partial charge on any atom is 0.234 e. The summed E-state index contributed by atoms with van der Waals surface area (Å²) in [6.45, 7) is 4.25. The lowest BCUT2D eigenvalue weighted by Gasteiger charge is -2.03. The molecule has 0 N–H and O–H groups in total. The highest BCUT2D eigenvalue weighted by molar-refractivity contribution is 5.77. The first-order chi connectivity index (χ1) is 9.19. The number of ether oxygens (including phenoxy) is 1. The highest BCUT2D eigenvalue weighted by Crippen LogP contribution is 2.20. The molecule has 0 saturated heterocycles. The second-order valence-corrected chi connectivity index (χ2v) is 4.26. The van der Waals surface area contributed by atoms with Gasteiger partial charge in [-0.1, -0.05) is 12.1 Å². The molecule has 0 bridgehead atoms. The number of carbonyl (C=O) groups excluding carboxylic acids is 1. The quantitative estimate of drug-likeness (QED) is 0.798. The zero-order valence-corrected chi connectivity index (χ0v) is 11.0. The van der Waals surface area contributed by atoms with Crippen LogP contribution >= 0.6 is 0 Å². The Morgan fingerprint density at radius 3 is 2.68 bits per heavy atom. The monoisotopic (exact) mass is 260 g/mol. The molecule has 0 amide bonds. The Labute approximate surface area is 111 Å². The largest absolute Gasteiger partial charge is 0.494 e. The average Bonchev–Trinajstić information content (AvgIpc) is 2.84. The van der Waals surface area contributed by atoms with Crippen LogP contribution in [0.4, 0.5) is 0 Å². The summed E-state index contributed by atoms with van der Waals surface area (Å²) in [5, 5.41) is 3.85. The lowest BCUT2D eigenvalue weighted by molar-refractivity contribution is -0.116. The van der Waals surface area contributed by atoms with Gasteiger partial charge in [-0.05, 0) is 37.6 Å². The smallest absolute Gasteiger partial charge is 0.234 e. The van der Waals surface area contributed by atoms with Gasteiger partial charge in [0.25, 0.3) is 0 Å². The van der Waals surface area contributed by atoms with Gasteiger partial charge in [0.05, 0.1) is 13.0 Å². The van der Waals surface area contributed by atoms with E-state index < -0.39 is 0 Å². The molecule has 1 aromatic carbocycles. The molecule has 5 heteroatoms. The molecule has 1 heterocycles. The van der Waals surface area contributed by atoms with Gasteiger partial charge >= 0.3 is 0 Å². The van der Waals surface area contributed by atoms with Crippen molar-refractivity contribution in [3.05, 3.63) is 30.2 Å². The van der Waals surface area contributed by atoms with Gasteiger partial charge in [-0.2, -0.15) is 4.98 Å². The molecular formula is C14H16N2O3. The highest BCUT2D eigenvalue weighted by atomic mass is 16.5. The minimum Gasteiger partial charge on any atom is -0.494 e. The van der Waals surface area contributed by atoms with Crippen molar-refractivity contribution < 1.29 is 14.1 Å². The molecule has 0 aliphatic rings. The van der Waals surface area contributed by atoms with E-state index in [1.807, 2.05) is 24.3 Å². The van der Waals surface area contributed by atoms with E-state index in [9.17, 15) is 4.79 Å². The summed E-state index contributed by atoms with van der Waals surface area (Å²) in [6.07, 6.45) is 1.14. The van der Waals surface area contributed by atoms with Crippen LogP contribution in [0.2, 0.25) is 0 Å². The molecule has 0 spiro atoms. The van der Waals surface area contributed by atoms with Crippen molar-refractivity contribution in [2.75, 3.05) is 6.61 Å². The fourth-order valence-corrected chi connectivity index (χ4v) is 1.58. The van der Waals surface area contributed by atoms with Crippen molar-refractivity contribution >= 4 is 5.78 Å². The number of nitrogens with zero attached hydrogens (tertiary/aromatic N) is 2. The number of ketones is 1. The summed E-state index contributed by atoms with van der Waals surface area (Å²) in [7, 11) is 0. The van der Waals surface area contributed by atoms with Crippen LogP contribution in [0.15, 0.2) is 28.8 Å². The summed E-state index contributed by atoms with van der Waals surface area (Å²) in [5.41, 5.74) is 0.836. The van der Waals surface area contributed by atoms with E-state index in [0.29, 0.717) is 18.3 Å². The SMILES string of the molecule is CCCOc1ccc(-c2noc(CC(C)=O)n2)cc1. The van der Waals surface area contributed by atoms with E-state index in [0.717, 1.165) is 17.7 Å². The maximum absolute atomic E-state index is 11.0. The van der Waals surface area contributed by atoms with Crippen LogP contribution in [-0.4, -0.2) is 22.5 Å². The summed E-state index contributed by atoms with van der Waals surface area (Å²) >= 11 is 0. The van der Waals surface area contributed by atoms with Gasteiger partial charge < -0.3 is 9.26 Å². The van der Waals surface area contributed by atoms with Gasteiger partial charge in [-0.3, -0.25) is 4.79 Å². The first kappa shape index (κ1) is 13.3. The van der Waals surface area contributed by atoms with E-state index >= 15 is 0 Å². The van der Waals surface area contributed by atoms with Crippen LogP contribution in [0.25, 0.3) is 11.4 Å². The molecule has 2 rings (SSSR count). The zero-order valence-electron chi connectivity index (χ0n) is 11.0. The van der Waals surface area contributed by atoms with E-state index in [2.05, 4.69) is 17.1 Å². The molecule has 5 nitrogen and oxygen atoms in total. The molecule has 0 aliphatic heterocycles. The molecule has 2 aromatic rings. The van der Waals surface area contributed by atoms with E-state index in [1.54, 1.807) is 0 Å². The predicted molar refractivity (Wildman–Crippen MR) is 69.9 cm³/mol. The van der Waals surface area contributed by atoms with Gasteiger partial charge in [0.1, 0.15) is 11.5 Å². The Morgan fingerprint density at radius 2 is 2.05 bits per heavy atom. The van der Waals surface area contributed by atoms with E-state index in [1.165, 1.54) is 6.92 Å². The van der Waals surface area contributed by atoms with Crippen molar-refractivity contribution in [1.82, 2.24) is 10.1 Å². The van der Waals surface area contributed by atoms with Crippen LogP contribution in [0.5, 0.6) is 5.75 Å². The molecule has 0 saturated carbocycles. The first-order valence-corrected chi connectivity index (χ1v) is 6.24. The fourth-order valence-electron chi connectivity index (χ4n) is 1.58. The number of carbonyl (C=O) groups is 1. The third kappa shape index (κ3) is 3.64. The van der Waals surface area contributed by atoms with Crippen LogP contribution in [-0.2, 0) is 11.2 Å². The summed E-state index contributed by atoms with van der Waals surface area (Å²) in [6, 6.07) is 7.47. The molecule has 0 unspecified atom stereocenters. The van der Waals surface area contributed by atoms with Crippen LogP contribution in [0.3, 0.4) is 0 Å². The maximum atomic E-state index is 11.0. The third-order valence-corrected chi connectivity index (χ3v) is 2.45. The molecule has 0 radical (unpaired) electrons. The Hall–Kier alpha value is -2.17. The van der Waals surface area contributed by atoms with Gasteiger partial charge in [0.15, 0.2) is 0 Å². The molecule has 100 valence electrons. The van der Waals surface area contributed by atoms with Crippen molar-refractivity contribution in [3.8, 4) is 17.1 Å². The second-order valence-electron chi connectivity index (χ2n) is 4.26. The Morgan fingerprint density at radius 1 is 1.32 bits per heavy atom. The average molecular weight is 260 g/mol. The Kier molecular flexibility index (Phi) is 4.28. The number of hydrogen-bond donors (Lipinski definition) is 0. The number of hydrogen-bond acceptors (Lipinski definition) is 5. The lowest BCUT2D eigenvalue weighted by atomic mass is 10.2. The molecule has 0 atom stereocenters. The lowest BCUT2D eigenvalue weighted by Crippen LogP contribution is -1.96. The summed E-state index contributed by atoms with van der Waals surface area (Å²) in [4.78, 5) is 15.1. The Bertz CT molecular complexity index is 546. The minimum atomic E-state index is -0.00138. The van der Waals surface area contributed by atoms with Gasteiger partial charge in [-0.25, -0.2) is 0 Å². The predicted octanol–water partition coefficient (Wildman–Crippen LogP) is 2.66. The second kappa shape index (κ2) is 6.13. The normalized spacial score (nSPS) is 10.4. The number of rotatable bonds is 6. The van der Waals surface area contributed by atoms with Crippen LogP contribution in [0, 0.1) is 0 Å². The molecule has 19 heavy (non-hydrogen) atoms. The van der Waals surface area contributed by atoms with Crippen molar-refractivity contribution in [3.63, 3.8) is 0 Å². The van der Waals surface area contributed by atoms with Crippen molar-refractivity contribution in [2.45, 2.75) is 26.7 Å². The van der Waals surface area contributed by atoms with Gasteiger partial charge in [0, 0.05) is 5.56 Å². The number of benzene rings is 1. The number of aromatic nitrogens is 2. The molecule has 1 aromatic heterocycles. The minimum absolute atomic E-state index is 0.00138. The third-order valence-electron chi connectivity index (χ3n) is 2.45. The standard InChI is InChI=1S/C14H16N2O3/c1-3-8-18-12-6-4-11(5-7-12)14-15-13(19-16-14)9-10(2)17/h4-7H,3,8-9H2,1-2H3. The number of Topliss-reactive ketones (excluding diaryl/α,β-unsaturated/α-hetero) is 1. The van der Waals surface area contributed by atoms with E-state index in [4.69, 9.17) is 9.26 Å². The van der Waals surface area contributed by atoms with Crippen molar-refractivity contribution in [1.29, 1.82) is 0 Å². The topological polar surface area (TPSA) is 65.2 Å². The fraction of sp³-hybridized carbons (Fsp3) is 0.357. The molecule has 0 aliphatic carbocycles. The molecule has 0 fully saturated rings. The zero-order chi connectivity index (χ0) is 13.7. The van der Waals surface area contributed by atoms with Gasteiger partial charge in [-0.15, -0.1) is 0 Å². The van der Waals surface area contributed by atoms with E-state index in [-0.39, 0.29) is 12.2 Å². The summed E-state index contributed by atoms with van der Waals surface area (Å²) in [5.74, 6) is 1.64. The molecular weight excluding hydrogens is 244 g/mol. The summed E-state index contributed by atoms with van der Waals surface area (Å²) < 4.78 is 10.5.